The van der Waals surface area contributed by atoms with Crippen molar-refractivity contribution in [1.82, 2.24) is 15.7 Å². The van der Waals surface area contributed by atoms with Gasteiger partial charge in [-0.15, -0.1) is 11.3 Å². The Bertz CT molecular complexity index is 363. The van der Waals surface area contributed by atoms with E-state index < -0.39 is 11.8 Å². The number of carbonyl (C=O) groups is 2. The van der Waals surface area contributed by atoms with Crippen molar-refractivity contribution >= 4 is 23.2 Å². The predicted molar refractivity (Wildman–Crippen MR) is 55.9 cm³/mol. The average molecular weight is 228 g/mol. The molecule has 0 aliphatic rings. The van der Waals surface area contributed by atoms with Gasteiger partial charge in [0.15, 0.2) is 0 Å². The molecule has 4 N–H and O–H groups in total. The highest BCUT2D eigenvalue weighted by Crippen LogP contribution is 2.07. The van der Waals surface area contributed by atoms with Gasteiger partial charge in [0.05, 0.1) is 10.7 Å². The van der Waals surface area contributed by atoms with E-state index in [1.165, 1.54) is 0 Å². The number of aromatic nitrogens is 1. The highest BCUT2D eigenvalue weighted by molar-refractivity contribution is 7.09. The lowest BCUT2D eigenvalue weighted by atomic mass is 10.3. The molecule has 2 amide bonds. The third kappa shape index (κ3) is 3.64. The van der Waals surface area contributed by atoms with Crippen LogP contribution >= 0.6 is 11.3 Å². The van der Waals surface area contributed by atoms with Gasteiger partial charge in [-0.05, 0) is 6.92 Å². The first kappa shape index (κ1) is 11.6. The van der Waals surface area contributed by atoms with E-state index in [1.54, 1.807) is 16.8 Å². The Morgan fingerprint density at radius 2 is 2.27 bits per heavy atom. The Balaban J connectivity index is 2.27. The van der Waals surface area contributed by atoms with Crippen LogP contribution in [0.5, 0.6) is 0 Å². The fourth-order valence-corrected chi connectivity index (χ4v) is 1.62. The van der Waals surface area contributed by atoms with E-state index in [1.807, 2.05) is 12.3 Å². The summed E-state index contributed by atoms with van der Waals surface area (Å²) in [5.41, 5.74) is 2.66. The van der Waals surface area contributed by atoms with Crippen LogP contribution in [0, 0.1) is 6.92 Å². The van der Waals surface area contributed by atoms with Crippen molar-refractivity contribution < 1.29 is 9.59 Å². The van der Waals surface area contributed by atoms with Crippen LogP contribution < -0.4 is 16.6 Å². The normalized spacial score (nSPS) is 9.73. The van der Waals surface area contributed by atoms with Crippen molar-refractivity contribution in [2.75, 3.05) is 6.54 Å². The minimum Gasteiger partial charge on any atom is -0.347 e. The molecule has 1 rings (SSSR count). The number of nitrogens with two attached hydrogens (primary N) is 1. The van der Waals surface area contributed by atoms with Gasteiger partial charge in [-0.1, -0.05) is 0 Å². The van der Waals surface area contributed by atoms with Crippen molar-refractivity contribution in [3.8, 4) is 0 Å². The Morgan fingerprint density at radius 1 is 1.53 bits per heavy atom. The molecule has 7 heteroatoms. The summed E-state index contributed by atoms with van der Waals surface area (Å²) in [6.45, 7) is 2.28. The van der Waals surface area contributed by atoms with Crippen molar-refractivity contribution in [3.05, 3.63) is 16.1 Å². The fourth-order valence-electron chi connectivity index (χ4n) is 0.973. The molecule has 0 bridgehead atoms. The molecule has 82 valence electrons. The minimum absolute atomic E-state index is 0.370. The lowest BCUT2D eigenvalue weighted by molar-refractivity contribution is -0.139. The average Bonchev–Trinajstić information content (AvgIpc) is 2.63. The molecular formula is C8H12N4O2S. The van der Waals surface area contributed by atoms with Gasteiger partial charge in [-0.2, -0.15) is 0 Å². The molecule has 1 aromatic heterocycles. The van der Waals surface area contributed by atoms with Crippen molar-refractivity contribution in [3.63, 3.8) is 0 Å². The second-order valence-electron chi connectivity index (χ2n) is 2.84. The number of aryl methyl sites for hydroxylation is 1. The van der Waals surface area contributed by atoms with Crippen molar-refractivity contribution in [2.24, 2.45) is 5.84 Å². The number of hydrogen-bond donors (Lipinski definition) is 3. The zero-order chi connectivity index (χ0) is 11.3. The summed E-state index contributed by atoms with van der Waals surface area (Å²) in [6, 6.07) is 0. The van der Waals surface area contributed by atoms with Gasteiger partial charge < -0.3 is 5.32 Å². The lowest BCUT2D eigenvalue weighted by Gasteiger charge is -2.01. The molecule has 0 aliphatic carbocycles. The quantitative estimate of drug-likeness (QED) is 0.270. The minimum atomic E-state index is -0.843. The van der Waals surface area contributed by atoms with Gasteiger partial charge in [0.1, 0.15) is 0 Å². The van der Waals surface area contributed by atoms with Crippen LogP contribution in [0.4, 0.5) is 0 Å². The largest absolute Gasteiger partial charge is 0.347 e. The van der Waals surface area contributed by atoms with E-state index in [-0.39, 0.29) is 0 Å². The van der Waals surface area contributed by atoms with E-state index in [9.17, 15) is 9.59 Å². The topological polar surface area (TPSA) is 97.1 Å². The lowest BCUT2D eigenvalue weighted by Crippen LogP contribution is -2.43. The van der Waals surface area contributed by atoms with Crippen molar-refractivity contribution in [1.29, 1.82) is 0 Å². The summed E-state index contributed by atoms with van der Waals surface area (Å²) < 4.78 is 0. The molecule has 0 fully saturated rings. The monoisotopic (exact) mass is 228 g/mol. The Hall–Kier alpha value is -1.47. The number of hydrogen-bond acceptors (Lipinski definition) is 5. The van der Waals surface area contributed by atoms with Crippen LogP contribution in [0.1, 0.15) is 10.7 Å². The summed E-state index contributed by atoms with van der Waals surface area (Å²) in [5, 5.41) is 5.33. The molecule has 15 heavy (non-hydrogen) atoms. The molecule has 0 radical (unpaired) electrons. The van der Waals surface area contributed by atoms with E-state index >= 15 is 0 Å². The van der Waals surface area contributed by atoms with Crippen LogP contribution in [0.15, 0.2) is 5.38 Å². The molecule has 0 saturated carbocycles. The Labute approximate surface area is 90.8 Å². The zero-order valence-electron chi connectivity index (χ0n) is 8.24. The van der Waals surface area contributed by atoms with Gasteiger partial charge in [0.2, 0.25) is 0 Å². The first-order valence-electron chi connectivity index (χ1n) is 4.33. The fraction of sp³-hybridized carbons (Fsp3) is 0.375. The molecule has 6 nitrogen and oxygen atoms in total. The molecule has 0 aliphatic heterocycles. The molecule has 0 atom stereocenters. The number of nitrogens with one attached hydrogen (secondary N) is 2. The molecule has 0 saturated heterocycles. The first-order valence-corrected chi connectivity index (χ1v) is 5.21. The number of rotatable bonds is 3. The van der Waals surface area contributed by atoms with Gasteiger partial charge in [-0.3, -0.25) is 15.0 Å². The standard InChI is InChI=1S/C8H12N4O2S/c1-5-11-6(4-15-5)2-3-10-7(13)8(14)12-9/h4H,2-3,9H2,1H3,(H,10,13)(H,12,14). The molecule has 0 aromatic carbocycles. The summed E-state index contributed by atoms with van der Waals surface area (Å²) in [5.74, 6) is 3.21. The maximum Gasteiger partial charge on any atom is 0.323 e. The SMILES string of the molecule is Cc1nc(CCNC(=O)C(=O)NN)cs1. The highest BCUT2D eigenvalue weighted by atomic mass is 32.1. The van der Waals surface area contributed by atoms with Crippen LogP contribution in [0.3, 0.4) is 0 Å². The van der Waals surface area contributed by atoms with Gasteiger partial charge in [0, 0.05) is 18.3 Å². The summed E-state index contributed by atoms with van der Waals surface area (Å²) in [7, 11) is 0. The number of hydrazine groups is 1. The highest BCUT2D eigenvalue weighted by Gasteiger charge is 2.10. The van der Waals surface area contributed by atoms with Crippen molar-refractivity contribution in [2.45, 2.75) is 13.3 Å². The molecule has 0 spiro atoms. The first-order chi connectivity index (χ1) is 7.13. The second kappa shape index (κ2) is 5.42. The molecule has 1 aromatic rings. The van der Waals surface area contributed by atoms with E-state index in [0.717, 1.165) is 10.7 Å². The van der Waals surface area contributed by atoms with E-state index in [4.69, 9.17) is 5.84 Å². The van der Waals surface area contributed by atoms with Crippen LogP contribution in [-0.4, -0.2) is 23.3 Å². The summed E-state index contributed by atoms with van der Waals surface area (Å²) in [4.78, 5) is 25.9. The molecule has 1 heterocycles. The third-order valence-electron chi connectivity index (χ3n) is 1.67. The summed E-state index contributed by atoms with van der Waals surface area (Å²) >= 11 is 1.55. The zero-order valence-corrected chi connectivity index (χ0v) is 9.06. The van der Waals surface area contributed by atoms with Crippen LogP contribution in [0.2, 0.25) is 0 Å². The second-order valence-corrected chi connectivity index (χ2v) is 3.90. The Morgan fingerprint density at radius 3 is 2.80 bits per heavy atom. The van der Waals surface area contributed by atoms with E-state index in [2.05, 4.69) is 10.3 Å². The van der Waals surface area contributed by atoms with Crippen LogP contribution in [0.25, 0.3) is 0 Å². The van der Waals surface area contributed by atoms with Gasteiger partial charge in [-0.25, -0.2) is 10.8 Å². The third-order valence-corrected chi connectivity index (χ3v) is 2.49. The number of thiazole rings is 1. The maximum atomic E-state index is 10.9. The number of nitrogens with zero attached hydrogens (tertiary/aromatic N) is 1. The Kier molecular flexibility index (Phi) is 4.19. The number of amides is 2. The van der Waals surface area contributed by atoms with Gasteiger partial charge in [0.25, 0.3) is 0 Å². The maximum absolute atomic E-state index is 10.9. The molecule has 0 unspecified atom stereocenters. The van der Waals surface area contributed by atoms with E-state index in [0.29, 0.717) is 13.0 Å². The smallest absolute Gasteiger partial charge is 0.323 e. The summed E-state index contributed by atoms with van der Waals surface area (Å²) in [6.07, 6.45) is 0.605. The molecular weight excluding hydrogens is 216 g/mol. The van der Waals surface area contributed by atoms with Crippen LogP contribution in [-0.2, 0) is 16.0 Å². The predicted octanol–water partition coefficient (Wildman–Crippen LogP) is -0.900. The number of carbonyl (C=O) groups excluding carboxylic acids is 2. The van der Waals surface area contributed by atoms with Gasteiger partial charge >= 0.3 is 11.8 Å².